The van der Waals surface area contributed by atoms with Crippen molar-refractivity contribution in [1.82, 2.24) is 0 Å². The second-order valence-corrected chi connectivity index (χ2v) is 8.89. The summed E-state index contributed by atoms with van der Waals surface area (Å²) in [6.07, 6.45) is 7.72. The van der Waals surface area contributed by atoms with Crippen molar-refractivity contribution >= 4 is 33.5 Å². The third-order valence-electron chi connectivity index (χ3n) is 6.14. The van der Waals surface area contributed by atoms with Gasteiger partial charge < -0.3 is 10.1 Å². The molecule has 3 atom stereocenters. The number of aliphatic imine (C=N–C) groups is 1. The normalized spacial score (nSPS) is 21.5. The zero-order valence-corrected chi connectivity index (χ0v) is 19.0. The van der Waals surface area contributed by atoms with Crippen LogP contribution in [-0.2, 0) is 0 Å². The van der Waals surface area contributed by atoms with Crippen molar-refractivity contribution in [1.29, 1.82) is 0 Å². The van der Waals surface area contributed by atoms with Gasteiger partial charge in [0.25, 0.3) is 0 Å². The van der Waals surface area contributed by atoms with Crippen LogP contribution >= 0.6 is 15.9 Å². The van der Waals surface area contributed by atoms with E-state index in [1.165, 1.54) is 16.8 Å². The van der Waals surface area contributed by atoms with Crippen molar-refractivity contribution in [3.8, 4) is 5.75 Å². The molecule has 0 amide bonds. The predicted molar refractivity (Wildman–Crippen MR) is 132 cm³/mol. The van der Waals surface area contributed by atoms with E-state index >= 15 is 0 Å². The van der Waals surface area contributed by atoms with E-state index in [-0.39, 0.29) is 0 Å². The Morgan fingerprint density at radius 1 is 1.10 bits per heavy atom. The number of hydrogen-bond donors (Lipinski definition) is 1. The minimum Gasteiger partial charge on any atom is -0.493 e. The van der Waals surface area contributed by atoms with Crippen molar-refractivity contribution < 1.29 is 4.74 Å². The van der Waals surface area contributed by atoms with Gasteiger partial charge in [-0.3, -0.25) is 4.99 Å². The second-order valence-electron chi connectivity index (χ2n) is 8.04. The summed E-state index contributed by atoms with van der Waals surface area (Å²) < 4.78 is 6.52. The Kier molecular flexibility index (Phi) is 5.65. The lowest BCUT2D eigenvalue weighted by atomic mass is 9.77. The van der Waals surface area contributed by atoms with Gasteiger partial charge in [0.1, 0.15) is 5.75 Å². The van der Waals surface area contributed by atoms with E-state index in [2.05, 4.69) is 86.9 Å². The third-order valence-corrected chi connectivity index (χ3v) is 6.76. The Hall–Kier alpha value is -2.85. The molecule has 0 bridgehead atoms. The highest BCUT2D eigenvalue weighted by Gasteiger charge is 2.37. The van der Waals surface area contributed by atoms with Crippen molar-refractivity contribution in [2.75, 3.05) is 11.9 Å². The van der Waals surface area contributed by atoms with E-state index in [9.17, 15) is 0 Å². The van der Waals surface area contributed by atoms with Gasteiger partial charge in [-0.25, -0.2) is 0 Å². The first-order valence-corrected chi connectivity index (χ1v) is 11.6. The van der Waals surface area contributed by atoms with Crippen LogP contribution in [0.15, 0.2) is 88.3 Å². The van der Waals surface area contributed by atoms with Crippen molar-refractivity contribution in [2.45, 2.75) is 25.3 Å². The molecule has 1 N–H and O–H groups in total. The first kappa shape index (κ1) is 20.1. The lowest BCUT2D eigenvalue weighted by Gasteiger charge is -2.37. The average Bonchev–Trinajstić information content (AvgIpc) is 3.30. The van der Waals surface area contributed by atoms with Crippen LogP contribution in [0, 0.1) is 5.92 Å². The maximum absolute atomic E-state index is 5.58. The maximum Gasteiger partial charge on any atom is 0.133 e. The average molecular weight is 473 g/mol. The highest BCUT2D eigenvalue weighted by atomic mass is 79.9. The highest BCUT2D eigenvalue weighted by Crippen LogP contribution is 2.49. The molecule has 0 radical (unpaired) electrons. The van der Waals surface area contributed by atoms with Gasteiger partial charge in [0.2, 0.25) is 0 Å². The Morgan fingerprint density at radius 2 is 1.94 bits per heavy atom. The van der Waals surface area contributed by atoms with Gasteiger partial charge in [0.05, 0.1) is 22.8 Å². The van der Waals surface area contributed by atoms with Gasteiger partial charge in [-0.2, -0.15) is 0 Å². The second kappa shape index (κ2) is 8.72. The Balaban J connectivity index is 1.34. The van der Waals surface area contributed by atoms with Crippen LogP contribution in [0.3, 0.4) is 0 Å². The van der Waals surface area contributed by atoms with Crippen LogP contribution in [0.2, 0.25) is 0 Å². The number of para-hydroxylation sites is 1. The fraction of sp³-hybridized carbons (Fsp3) is 0.222. The molecule has 1 aliphatic carbocycles. The predicted octanol–water partition coefficient (Wildman–Crippen LogP) is 7.42. The van der Waals surface area contributed by atoms with E-state index in [4.69, 9.17) is 4.74 Å². The monoisotopic (exact) mass is 472 g/mol. The molecule has 31 heavy (non-hydrogen) atoms. The molecule has 0 spiro atoms. The van der Waals surface area contributed by atoms with Gasteiger partial charge in [-0.15, -0.1) is 0 Å². The van der Waals surface area contributed by atoms with Crippen LogP contribution in [0.1, 0.15) is 42.0 Å². The molecule has 3 aromatic rings. The smallest absolute Gasteiger partial charge is 0.133 e. The van der Waals surface area contributed by atoms with Crippen LogP contribution < -0.4 is 10.1 Å². The number of ether oxygens (including phenoxy) is 1. The third kappa shape index (κ3) is 4.05. The topological polar surface area (TPSA) is 33.6 Å². The van der Waals surface area contributed by atoms with E-state index in [0.29, 0.717) is 24.5 Å². The summed E-state index contributed by atoms with van der Waals surface area (Å²) >= 11 is 3.56. The molecule has 0 saturated heterocycles. The SMILES string of the molecule is CCOc1ccc(C=Nc2ccc([C@@H]3Nc4ccccc4[C@H]4C=CC[C@H]43)cc2)cc1Br. The number of anilines is 1. The Bertz CT molecular complexity index is 1140. The number of nitrogens with zero attached hydrogens (tertiary/aromatic N) is 1. The van der Waals surface area contributed by atoms with E-state index in [1.54, 1.807) is 0 Å². The number of fused-ring (bicyclic) bond motifs is 3. The summed E-state index contributed by atoms with van der Waals surface area (Å²) in [6, 6.07) is 23.7. The summed E-state index contributed by atoms with van der Waals surface area (Å²) in [5.74, 6) is 1.91. The largest absolute Gasteiger partial charge is 0.493 e. The molecule has 3 aromatic carbocycles. The highest BCUT2D eigenvalue weighted by molar-refractivity contribution is 9.10. The minimum absolute atomic E-state index is 0.315. The molecule has 1 aliphatic heterocycles. The minimum atomic E-state index is 0.315. The number of rotatable bonds is 5. The molecule has 0 aromatic heterocycles. The summed E-state index contributed by atoms with van der Waals surface area (Å²) in [7, 11) is 0. The zero-order chi connectivity index (χ0) is 21.2. The molecule has 3 nitrogen and oxygen atoms in total. The standard InChI is InChI=1S/C27H25BrN2O/c1-2-31-26-15-10-18(16-24(26)28)17-29-20-13-11-19(12-14-20)27-23-8-5-7-21(23)22-6-3-4-9-25(22)30-27/h3-7,9-17,21,23,27,30H,2,8H2,1H3/t21-,23-,27+/m1/s1. The molecule has 2 aliphatic rings. The number of allylic oxidation sites excluding steroid dienone is 2. The lowest BCUT2D eigenvalue weighted by Crippen LogP contribution is -2.28. The van der Waals surface area contributed by atoms with Gasteiger partial charge in [-0.1, -0.05) is 42.5 Å². The van der Waals surface area contributed by atoms with Gasteiger partial charge in [0, 0.05) is 17.8 Å². The van der Waals surface area contributed by atoms with Crippen LogP contribution in [-0.4, -0.2) is 12.8 Å². The van der Waals surface area contributed by atoms with Crippen molar-refractivity contribution in [3.05, 3.63) is 100 Å². The molecule has 4 heteroatoms. The number of benzene rings is 3. The van der Waals surface area contributed by atoms with Crippen LogP contribution in [0.25, 0.3) is 0 Å². The van der Waals surface area contributed by atoms with E-state index < -0.39 is 0 Å². The van der Waals surface area contributed by atoms with Crippen LogP contribution in [0.5, 0.6) is 5.75 Å². The molecule has 0 unspecified atom stereocenters. The summed E-state index contributed by atoms with van der Waals surface area (Å²) in [6.45, 7) is 2.63. The van der Waals surface area contributed by atoms with Gasteiger partial charge in [-0.05, 0) is 88.3 Å². The Labute approximate surface area is 192 Å². The van der Waals surface area contributed by atoms with Crippen LogP contribution in [0.4, 0.5) is 11.4 Å². The summed E-state index contributed by atoms with van der Waals surface area (Å²) in [5, 5.41) is 3.79. The first-order valence-electron chi connectivity index (χ1n) is 10.8. The summed E-state index contributed by atoms with van der Waals surface area (Å²) in [5.41, 5.74) is 5.97. The molecular weight excluding hydrogens is 448 g/mol. The number of halogens is 1. The molecule has 0 saturated carbocycles. The maximum atomic E-state index is 5.58. The van der Waals surface area contributed by atoms with Crippen molar-refractivity contribution in [3.63, 3.8) is 0 Å². The number of hydrogen-bond acceptors (Lipinski definition) is 3. The molecule has 5 rings (SSSR count). The lowest BCUT2D eigenvalue weighted by molar-refractivity contribution is 0.338. The molecule has 1 heterocycles. The van der Waals surface area contributed by atoms with Gasteiger partial charge in [0.15, 0.2) is 0 Å². The number of nitrogens with one attached hydrogen (secondary N) is 1. The fourth-order valence-electron chi connectivity index (χ4n) is 4.66. The summed E-state index contributed by atoms with van der Waals surface area (Å²) in [4.78, 5) is 4.66. The molecule has 0 fully saturated rings. The van der Waals surface area contributed by atoms with E-state index in [1.807, 2.05) is 31.3 Å². The first-order chi connectivity index (χ1) is 15.2. The molecular formula is C27H25BrN2O. The van der Waals surface area contributed by atoms with Gasteiger partial charge >= 0.3 is 0 Å². The quantitative estimate of drug-likeness (QED) is 0.309. The van der Waals surface area contributed by atoms with Crippen molar-refractivity contribution in [2.24, 2.45) is 10.9 Å². The molecule has 156 valence electrons. The fourth-order valence-corrected chi connectivity index (χ4v) is 5.17. The van der Waals surface area contributed by atoms with E-state index in [0.717, 1.165) is 27.9 Å². The zero-order valence-electron chi connectivity index (χ0n) is 17.5. The Morgan fingerprint density at radius 3 is 2.74 bits per heavy atom.